The summed E-state index contributed by atoms with van der Waals surface area (Å²) in [6.45, 7) is 0. The lowest BCUT2D eigenvalue weighted by Crippen LogP contribution is -2.10. The van der Waals surface area contributed by atoms with Crippen molar-refractivity contribution in [1.82, 2.24) is 9.97 Å². The summed E-state index contributed by atoms with van der Waals surface area (Å²) < 4.78 is 13.0. The molecule has 0 aliphatic rings. The fourth-order valence-electron chi connectivity index (χ4n) is 7.81. The summed E-state index contributed by atoms with van der Waals surface area (Å²) in [5.74, 6) is 0.555. The highest BCUT2D eigenvalue weighted by molar-refractivity contribution is 6.19. The third-order valence-corrected chi connectivity index (χ3v) is 10.3. The van der Waals surface area contributed by atoms with E-state index in [1.807, 2.05) is 30.3 Å². The Morgan fingerprint density at radius 3 is 2.11 bits per heavy atom. The lowest BCUT2D eigenvalue weighted by molar-refractivity contribution is 0.623. The zero-order valence-corrected chi connectivity index (χ0v) is 28.4. The van der Waals surface area contributed by atoms with Crippen LogP contribution in [0.15, 0.2) is 185 Å². The highest BCUT2D eigenvalue weighted by Crippen LogP contribution is 2.45. The van der Waals surface area contributed by atoms with Gasteiger partial charge in [0.1, 0.15) is 16.7 Å². The Hall–Kier alpha value is -7.24. The van der Waals surface area contributed by atoms with Crippen LogP contribution in [-0.4, -0.2) is 9.97 Å². The topological polar surface area (TPSA) is 55.3 Å². The highest BCUT2D eigenvalue weighted by atomic mass is 16.3. The van der Waals surface area contributed by atoms with E-state index in [0.717, 1.165) is 82.6 Å². The fourth-order valence-corrected chi connectivity index (χ4v) is 7.81. The summed E-state index contributed by atoms with van der Waals surface area (Å²) in [5, 5.41) is 8.81. The first-order valence-electron chi connectivity index (χ1n) is 17.7. The molecule has 3 aromatic heterocycles. The summed E-state index contributed by atoms with van der Waals surface area (Å²) >= 11 is 0. The maximum Gasteiger partial charge on any atom is 0.228 e. The molecule has 0 saturated heterocycles. The van der Waals surface area contributed by atoms with E-state index in [4.69, 9.17) is 13.8 Å². The van der Waals surface area contributed by atoms with Crippen LogP contribution < -0.4 is 4.90 Å². The minimum atomic E-state index is 0.555. The summed E-state index contributed by atoms with van der Waals surface area (Å²) in [4.78, 5) is 11.5. The van der Waals surface area contributed by atoms with Crippen LogP contribution in [-0.2, 0) is 0 Å². The van der Waals surface area contributed by atoms with Crippen molar-refractivity contribution in [2.45, 2.75) is 0 Å². The molecule has 0 unspecified atom stereocenters. The average molecular weight is 680 g/mol. The summed E-state index contributed by atoms with van der Waals surface area (Å²) in [6.07, 6.45) is 3.54. The number of benzene rings is 8. The second-order valence-corrected chi connectivity index (χ2v) is 13.4. The van der Waals surface area contributed by atoms with Gasteiger partial charge in [0, 0.05) is 34.5 Å². The Labute approximate surface area is 304 Å². The van der Waals surface area contributed by atoms with E-state index in [1.165, 1.54) is 16.5 Å². The van der Waals surface area contributed by atoms with Crippen LogP contribution in [0.1, 0.15) is 0 Å². The van der Waals surface area contributed by atoms with Crippen LogP contribution in [0.2, 0.25) is 0 Å². The van der Waals surface area contributed by atoms with Crippen molar-refractivity contribution in [1.29, 1.82) is 0 Å². The number of anilines is 3. The second kappa shape index (κ2) is 11.7. The smallest absolute Gasteiger partial charge is 0.228 e. The van der Waals surface area contributed by atoms with Gasteiger partial charge in [0.25, 0.3) is 0 Å². The molecule has 0 spiro atoms. The van der Waals surface area contributed by atoms with Gasteiger partial charge in [0.15, 0.2) is 5.58 Å². The first-order valence-corrected chi connectivity index (χ1v) is 17.7. The van der Waals surface area contributed by atoms with E-state index in [-0.39, 0.29) is 0 Å². The number of hydrogen-bond donors (Lipinski definition) is 0. The lowest BCUT2D eigenvalue weighted by atomic mass is 9.99. The molecule has 8 aromatic carbocycles. The Balaban J connectivity index is 1.18. The molecule has 0 aliphatic carbocycles. The lowest BCUT2D eigenvalue weighted by Gasteiger charge is -2.27. The third-order valence-electron chi connectivity index (χ3n) is 10.3. The average Bonchev–Trinajstić information content (AvgIpc) is 3.84. The van der Waals surface area contributed by atoms with E-state index >= 15 is 0 Å². The molecule has 0 radical (unpaired) electrons. The van der Waals surface area contributed by atoms with Crippen molar-refractivity contribution in [2.75, 3.05) is 4.90 Å². The Morgan fingerprint density at radius 2 is 1.21 bits per heavy atom. The predicted octanol–water partition coefficient (Wildman–Crippen LogP) is 13.4. The molecule has 248 valence electrons. The van der Waals surface area contributed by atoms with Crippen molar-refractivity contribution < 1.29 is 8.83 Å². The Kier molecular flexibility index (Phi) is 6.48. The minimum Gasteiger partial charge on any atom is -0.456 e. The van der Waals surface area contributed by atoms with E-state index in [9.17, 15) is 0 Å². The van der Waals surface area contributed by atoms with Gasteiger partial charge in [-0.25, -0.2) is 4.98 Å². The van der Waals surface area contributed by atoms with Crippen molar-refractivity contribution >= 4 is 82.4 Å². The quantitative estimate of drug-likeness (QED) is 0.169. The largest absolute Gasteiger partial charge is 0.456 e. The first kappa shape index (κ1) is 29.5. The van der Waals surface area contributed by atoms with E-state index in [0.29, 0.717) is 5.89 Å². The van der Waals surface area contributed by atoms with Gasteiger partial charge in [-0.1, -0.05) is 97.1 Å². The van der Waals surface area contributed by atoms with Crippen LogP contribution >= 0.6 is 0 Å². The van der Waals surface area contributed by atoms with Gasteiger partial charge in [0.2, 0.25) is 5.89 Å². The van der Waals surface area contributed by atoms with Crippen LogP contribution in [0.5, 0.6) is 0 Å². The zero-order chi connectivity index (χ0) is 34.9. The van der Waals surface area contributed by atoms with Gasteiger partial charge in [-0.05, 0) is 105 Å². The molecule has 5 heteroatoms. The monoisotopic (exact) mass is 679 g/mol. The number of oxazole rings is 1. The molecule has 3 heterocycles. The molecule has 0 bridgehead atoms. The molecule has 11 rings (SSSR count). The standard InChI is InChI=1S/C48H29N3O2/c1-2-8-30(9-3-1)34-18-15-31-19-22-37(27-36(31)26-34)51(42-12-6-14-44-46(42)39-11-4-5-13-43(39)52-44)38-23-20-32-16-17-33-21-24-41-47(45(33)40(32)28-38)53-48(50-41)35-10-7-25-49-29-35/h1-29H. The van der Waals surface area contributed by atoms with E-state index in [1.54, 1.807) is 12.4 Å². The van der Waals surface area contributed by atoms with Crippen LogP contribution in [0.4, 0.5) is 17.1 Å². The molecule has 53 heavy (non-hydrogen) atoms. The molecule has 0 N–H and O–H groups in total. The van der Waals surface area contributed by atoms with Gasteiger partial charge in [-0.15, -0.1) is 0 Å². The maximum atomic E-state index is 6.56. The SMILES string of the molecule is c1ccc(-c2ccc3ccc(N(c4ccc5ccc6ccc7nc(-c8cccnc8)oc7c6c5c4)c4cccc5oc6ccccc6c45)cc3c2)cc1. The summed E-state index contributed by atoms with van der Waals surface area (Å²) in [5.41, 5.74) is 9.60. The minimum absolute atomic E-state index is 0.555. The van der Waals surface area contributed by atoms with E-state index in [2.05, 4.69) is 143 Å². The molecular weight excluding hydrogens is 651 g/mol. The van der Waals surface area contributed by atoms with Crippen molar-refractivity contribution in [3.63, 3.8) is 0 Å². The summed E-state index contributed by atoms with van der Waals surface area (Å²) in [7, 11) is 0. The van der Waals surface area contributed by atoms with Crippen LogP contribution in [0.3, 0.4) is 0 Å². The second-order valence-electron chi connectivity index (χ2n) is 13.4. The number of furan rings is 1. The predicted molar refractivity (Wildman–Crippen MR) is 217 cm³/mol. The molecular formula is C48H29N3O2. The van der Waals surface area contributed by atoms with Gasteiger partial charge in [0.05, 0.1) is 16.6 Å². The number of pyridine rings is 1. The third kappa shape index (κ3) is 4.79. The molecule has 0 saturated carbocycles. The maximum absolute atomic E-state index is 6.56. The summed E-state index contributed by atoms with van der Waals surface area (Å²) in [6, 6.07) is 57.7. The Morgan fingerprint density at radius 1 is 0.453 bits per heavy atom. The normalized spacial score (nSPS) is 11.8. The molecule has 0 fully saturated rings. The number of aromatic nitrogens is 2. The molecule has 0 aliphatic heterocycles. The van der Waals surface area contributed by atoms with Crippen LogP contribution in [0.25, 0.3) is 87.9 Å². The van der Waals surface area contributed by atoms with Crippen molar-refractivity contribution in [2.24, 2.45) is 0 Å². The van der Waals surface area contributed by atoms with Crippen molar-refractivity contribution in [3.8, 4) is 22.6 Å². The molecule has 0 amide bonds. The highest BCUT2D eigenvalue weighted by Gasteiger charge is 2.21. The molecule has 5 nitrogen and oxygen atoms in total. The fraction of sp³-hybridized carbons (Fsp3) is 0. The van der Waals surface area contributed by atoms with E-state index < -0.39 is 0 Å². The molecule has 0 atom stereocenters. The Bertz CT molecular complexity index is 3180. The number of fused-ring (bicyclic) bond motifs is 9. The van der Waals surface area contributed by atoms with Gasteiger partial charge >= 0.3 is 0 Å². The van der Waals surface area contributed by atoms with Gasteiger partial charge < -0.3 is 13.7 Å². The van der Waals surface area contributed by atoms with Gasteiger partial charge in [-0.3, -0.25) is 4.98 Å². The number of hydrogen-bond acceptors (Lipinski definition) is 5. The first-order chi connectivity index (χ1) is 26.2. The molecule has 11 aromatic rings. The number of rotatable bonds is 5. The number of nitrogens with zero attached hydrogens (tertiary/aromatic N) is 3. The number of para-hydroxylation sites is 1. The van der Waals surface area contributed by atoms with Crippen LogP contribution in [0, 0.1) is 0 Å². The van der Waals surface area contributed by atoms with Crippen molar-refractivity contribution in [3.05, 3.63) is 176 Å². The zero-order valence-electron chi connectivity index (χ0n) is 28.4. The van der Waals surface area contributed by atoms with Gasteiger partial charge in [-0.2, -0.15) is 0 Å².